The molecule has 78 valence electrons. The zero-order valence-electron chi connectivity index (χ0n) is 8.14. The van der Waals surface area contributed by atoms with Crippen LogP contribution in [0.25, 0.3) is 0 Å². The third-order valence-electron chi connectivity index (χ3n) is 2.44. The quantitative estimate of drug-likeness (QED) is 0.864. The Labute approximate surface area is 92.1 Å². The van der Waals surface area contributed by atoms with Crippen molar-refractivity contribution in [3.8, 4) is 0 Å². The van der Waals surface area contributed by atoms with Crippen LogP contribution in [-0.4, -0.2) is 25.8 Å². The van der Waals surface area contributed by atoms with E-state index in [9.17, 15) is 5.11 Å². The number of nitrogens with zero attached hydrogens (tertiary/aromatic N) is 2. The molecule has 14 heavy (non-hydrogen) atoms. The van der Waals surface area contributed by atoms with Crippen LogP contribution in [0.2, 0.25) is 0 Å². The molecule has 1 aromatic rings. The molecule has 0 aliphatic heterocycles. The Bertz CT molecular complexity index is 303. The van der Waals surface area contributed by atoms with Crippen molar-refractivity contribution in [1.82, 2.24) is 9.36 Å². The van der Waals surface area contributed by atoms with Crippen LogP contribution in [0.4, 0.5) is 0 Å². The zero-order valence-corrected chi connectivity index (χ0v) is 9.77. The third kappa shape index (κ3) is 2.27. The van der Waals surface area contributed by atoms with Gasteiger partial charge in [-0.2, -0.15) is 4.37 Å². The van der Waals surface area contributed by atoms with E-state index in [4.69, 9.17) is 0 Å². The summed E-state index contributed by atoms with van der Waals surface area (Å²) < 4.78 is 5.24. The average Bonchev–Trinajstić information content (AvgIpc) is 2.77. The highest BCUT2D eigenvalue weighted by atomic mass is 32.2. The van der Waals surface area contributed by atoms with Crippen LogP contribution in [0.3, 0.4) is 0 Å². The van der Waals surface area contributed by atoms with Crippen molar-refractivity contribution < 1.29 is 5.11 Å². The summed E-state index contributed by atoms with van der Waals surface area (Å²) in [6.45, 7) is 2.06. The smallest absolute Gasteiger partial charge is 0.170 e. The maximum absolute atomic E-state index is 9.65. The van der Waals surface area contributed by atoms with Crippen molar-refractivity contribution in [1.29, 1.82) is 0 Å². The minimum atomic E-state index is -0.144. The van der Waals surface area contributed by atoms with E-state index < -0.39 is 0 Å². The molecule has 3 nitrogen and oxygen atoms in total. The Morgan fingerprint density at radius 2 is 2.43 bits per heavy atom. The fourth-order valence-electron chi connectivity index (χ4n) is 1.60. The van der Waals surface area contributed by atoms with Crippen LogP contribution in [0.5, 0.6) is 0 Å². The van der Waals surface area contributed by atoms with E-state index in [0.717, 1.165) is 35.8 Å². The van der Waals surface area contributed by atoms with Crippen LogP contribution in [0, 0.1) is 0 Å². The molecular weight excluding hydrogens is 216 g/mol. The maximum atomic E-state index is 9.65. The largest absolute Gasteiger partial charge is 0.392 e. The van der Waals surface area contributed by atoms with Crippen molar-refractivity contribution in [3.05, 3.63) is 5.82 Å². The topological polar surface area (TPSA) is 46.0 Å². The van der Waals surface area contributed by atoms with Gasteiger partial charge < -0.3 is 5.11 Å². The molecule has 1 N–H and O–H groups in total. The van der Waals surface area contributed by atoms with Gasteiger partial charge in [0.2, 0.25) is 0 Å². The lowest BCUT2D eigenvalue weighted by molar-refractivity contribution is 0.188. The van der Waals surface area contributed by atoms with Crippen LogP contribution >= 0.6 is 23.3 Å². The molecule has 1 saturated carbocycles. The summed E-state index contributed by atoms with van der Waals surface area (Å²) in [5.74, 6) is 0.921. The van der Waals surface area contributed by atoms with E-state index in [2.05, 4.69) is 16.3 Å². The Kier molecular flexibility index (Phi) is 3.41. The second-order valence-corrected chi connectivity index (χ2v) is 5.72. The van der Waals surface area contributed by atoms with E-state index >= 15 is 0 Å². The Hall–Kier alpha value is -0.130. The highest BCUT2D eigenvalue weighted by molar-refractivity contribution is 8.01. The molecule has 0 radical (unpaired) electrons. The normalized spacial score (nSPS) is 27.0. The molecule has 1 aliphatic carbocycles. The Morgan fingerprint density at radius 1 is 1.57 bits per heavy atom. The van der Waals surface area contributed by atoms with Gasteiger partial charge >= 0.3 is 0 Å². The molecule has 1 heterocycles. The fraction of sp³-hybridized carbons (Fsp3) is 0.778. The van der Waals surface area contributed by atoms with E-state index in [1.807, 2.05) is 0 Å². The van der Waals surface area contributed by atoms with Gasteiger partial charge in [-0.25, -0.2) is 4.98 Å². The molecule has 2 rings (SSSR count). The van der Waals surface area contributed by atoms with Crippen LogP contribution in [0.15, 0.2) is 4.34 Å². The van der Waals surface area contributed by atoms with E-state index in [1.165, 1.54) is 11.5 Å². The summed E-state index contributed by atoms with van der Waals surface area (Å²) in [7, 11) is 0. The maximum Gasteiger partial charge on any atom is 0.170 e. The zero-order chi connectivity index (χ0) is 9.97. The highest BCUT2D eigenvalue weighted by Crippen LogP contribution is 2.35. The first-order valence-corrected chi connectivity index (χ1v) is 6.62. The molecule has 1 fully saturated rings. The lowest BCUT2D eigenvalue weighted by Gasteiger charge is -2.10. The third-order valence-corrected chi connectivity index (χ3v) is 4.64. The number of aryl methyl sites for hydroxylation is 1. The number of aliphatic hydroxyl groups excluding tert-OH is 1. The second-order valence-electron chi connectivity index (χ2n) is 3.48. The van der Waals surface area contributed by atoms with Gasteiger partial charge in [0.15, 0.2) is 4.34 Å². The van der Waals surface area contributed by atoms with Crippen molar-refractivity contribution in [2.45, 2.75) is 48.3 Å². The molecule has 1 aliphatic rings. The second kappa shape index (κ2) is 4.59. The van der Waals surface area contributed by atoms with Gasteiger partial charge in [-0.1, -0.05) is 18.7 Å². The Balaban J connectivity index is 1.96. The summed E-state index contributed by atoms with van der Waals surface area (Å²) in [6, 6.07) is 0. The van der Waals surface area contributed by atoms with Gasteiger partial charge in [0, 0.05) is 11.7 Å². The van der Waals surface area contributed by atoms with Gasteiger partial charge in [-0.3, -0.25) is 0 Å². The van der Waals surface area contributed by atoms with Crippen LogP contribution in [-0.2, 0) is 6.42 Å². The molecule has 0 bridgehead atoms. The van der Waals surface area contributed by atoms with E-state index in [1.54, 1.807) is 11.8 Å². The predicted octanol–water partition coefficient (Wildman–Crippen LogP) is 2.11. The number of aliphatic hydroxyl groups is 1. The number of hydrogen-bond donors (Lipinski definition) is 1. The first kappa shape index (κ1) is 10.4. The molecule has 5 heteroatoms. The first-order chi connectivity index (χ1) is 6.79. The average molecular weight is 230 g/mol. The van der Waals surface area contributed by atoms with Gasteiger partial charge in [-0.15, -0.1) is 0 Å². The monoisotopic (exact) mass is 230 g/mol. The minimum absolute atomic E-state index is 0.144. The van der Waals surface area contributed by atoms with Crippen molar-refractivity contribution >= 4 is 23.3 Å². The number of aromatic nitrogens is 2. The molecule has 0 aromatic carbocycles. The Morgan fingerprint density at radius 3 is 3.00 bits per heavy atom. The molecular formula is C9H14N2OS2. The molecule has 0 unspecified atom stereocenters. The van der Waals surface area contributed by atoms with Gasteiger partial charge in [-0.05, 0) is 30.8 Å². The molecule has 2 atom stereocenters. The fourth-order valence-corrected chi connectivity index (χ4v) is 3.75. The molecule has 1 aromatic heterocycles. The number of hydrogen-bond acceptors (Lipinski definition) is 5. The standard InChI is InChI=1S/C9H14N2OS2/c1-2-8-10-9(14-11-8)13-7-5-3-4-6(7)12/h6-7,12H,2-5H2,1H3/t6-,7-/m1/s1. The predicted molar refractivity (Wildman–Crippen MR) is 58.8 cm³/mol. The van der Waals surface area contributed by atoms with Crippen LogP contribution in [0.1, 0.15) is 32.0 Å². The molecule has 0 spiro atoms. The SMILES string of the molecule is CCc1nsc(S[C@@H]2CCC[C@H]2O)n1. The lowest BCUT2D eigenvalue weighted by atomic mass is 10.3. The minimum Gasteiger partial charge on any atom is -0.392 e. The summed E-state index contributed by atoms with van der Waals surface area (Å²) in [4.78, 5) is 4.39. The van der Waals surface area contributed by atoms with Gasteiger partial charge in [0.05, 0.1) is 6.10 Å². The lowest BCUT2D eigenvalue weighted by Crippen LogP contribution is -2.14. The number of rotatable bonds is 3. The summed E-state index contributed by atoms with van der Waals surface area (Å²) in [5.41, 5.74) is 0. The van der Waals surface area contributed by atoms with Gasteiger partial charge in [0.25, 0.3) is 0 Å². The molecule has 0 saturated heterocycles. The first-order valence-electron chi connectivity index (χ1n) is 4.97. The van der Waals surface area contributed by atoms with E-state index in [0.29, 0.717) is 5.25 Å². The molecule has 0 amide bonds. The summed E-state index contributed by atoms with van der Waals surface area (Å²) in [6.07, 6.45) is 3.93. The highest BCUT2D eigenvalue weighted by Gasteiger charge is 2.27. The summed E-state index contributed by atoms with van der Waals surface area (Å²) in [5, 5.41) is 9.99. The number of thioether (sulfide) groups is 1. The van der Waals surface area contributed by atoms with Gasteiger partial charge in [0.1, 0.15) is 5.82 Å². The summed E-state index contributed by atoms with van der Waals surface area (Å²) >= 11 is 3.14. The van der Waals surface area contributed by atoms with Crippen molar-refractivity contribution in [2.24, 2.45) is 0 Å². The van der Waals surface area contributed by atoms with E-state index in [-0.39, 0.29) is 6.10 Å². The van der Waals surface area contributed by atoms with Crippen molar-refractivity contribution in [2.75, 3.05) is 0 Å². The van der Waals surface area contributed by atoms with Crippen molar-refractivity contribution in [3.63, 3.8) is 0 Å². The van der Waals surface area contributed by atoms with Crippen LogP contribution < -0.4 is 0 Å².